The first-order valence-electron chi connectivity index (χ1n) is 9.97. The maximum absolute atomic E-state index is 12.8. The monoisotopic (exact) mass is 419 g/mol. The standard InChI is InChI=1S/C21H21N7OS/c29-21-27-12-10-17(23-20-25-24-19(30-20)16-6-2-1-3-7-16)8-9-18(27)26-28(21)14-15-5-4-11-22-13-15/h1-7,11,13,17H,8-10,12,14H2,(H,23,25). The molecule has 30 heavy (non-hydrogen) atoms. The molecular weight excluding hydrogens is 398 g/mol. The molecule has 5 rings (SSSR count). The molecule has 1 unspecified atom stereocenters. The molecule has 0 saturated heterocycles. The lowest BCUT2D eigenvalue weighted by molar-refractivity contribution is 0.552. The predicted octanol–water partition coefficient (Wildman–Crippen LogP) is 2.82. The van der Waals surface area contributed by atoms with Gasteiger partial charge in [0.15, 0.2) is 0 Å². The van der Waals surface area contributed by atoms with Crippen LogP contribution in [0.5, 0.6) is 0 Å². The normalized spacial score (nSPS) is 16.1. The van der Waals surface area contributed by atoms with Crippen molar-refractivity contribution < 1.29 is 0 Å². The van der Waals surface area contributed by atoms with Crippen molar-refractivity contribution in [1.29, 1.82) is 0 Å². The van der Waals surface area contributed by atoms with Gasteiger partial charge in [-0.2, -0.15) is 5.10 Å². The molecule has 8 nitrogen and oxygen atoms in total. The zero-order valence-corrected chi connectivity index (χ0v) is 17.1. The molecular formula is C21H21N7OS. The second-order valence-corrected chi connectivity index (χ2v) is 8.29. The molecule has 1 aromatic carbocycles. The van der Waals surface area contributed by atoms with Crippen LogP contribution in [0.3, 0.4) is 0 Å². The first kappa shape index (κ1) is 18.7. The van der Waals surface area contributed by atoms with Crippen molar-refractivity contribution in [3.05, 3.63) is 76.7 Å². The van der Waals surface area contributed by atoms with E-state index in [1.54, 1.807) is 28.3 Å². The number of benzene rings is 1. The first-order chi connectivity index (χ1) is 14.8. The Morgan fingerprint density at radius 2 is 2.00 bits per heavy atom. The summed E-state index contributed by atoms with van der Waals surface area (Å²) in [6.45, 7) is 1.09. The predicted molar refractivity (Wildman–Crippen MR) is 116 cm³/mol. The van der Waals surface area contributed by atoms with Gasteiger partial charge in [-0.1, -0.05) is 47.7 Å². The van der Waals surface area contributed by atoms with Crippen LogP contribution in [0.1, 0.15) is 24.2 Å². The van der Waals surface area contributed by atoms with Crippen molar-refractivity contribution in [3.8, 4) is 10.6 Å². The Bertz CT molecular complexity index is 1180. The fourth-order valence-electron chi connectivity index (χ4n) is 3.69. The summed E-state index contributed by atoms with van der Waals surface area (Å²) in [5, 5.41) is 18.4. The average molecular weight is 420 g/mol. The average Bonchev–Trinajstić information content (AvgIpc) is 3.30. The molecule has 9 heteroatoms. The molecule has 0 aliphatic carbocycles. The summed E-state index contributed by atoms with van der Waals surface area (Å²) in [6.07, 6.45) is 5.97. The topological polar surface area (TPSA) is 90.5 Å². The Labute approximate surface area is 177 Å². The number of fused-ring (bicyclic) bond motifs is 1. The van der Waals surface area contributed by atoms with Gasteiger partial charge in [-0.15, -0.1) is 10.2 Å². The number of rotatable bonds is 5. The van der Waals surface area contributed by atoms with Gasteiger partial charge in [0, 0.05) is 37.0 Å². The molecule has 3 aromatic heterocycles. The number of aryl methyl sites for hydroxylation is 1. The van der Waals surface area contributed by atoms with E-state index in [4.69, 9.17) is 0 Å². The van der Waals surface area contributed by atoms with E-state index in [0.29, 0.717) is 13.1 Å². The van der Waals surface area contributed by atoms with Crippen LogP contribution in [0.4, 0.5) is 5.13 Å². The van der Waals surface area contributed by atoms with Crippen molar-refractivity contribution in [1.82, 2.24) is 29.5 Å². The van der Waals surface area contributed by atoms with Gasteiger partial charge in [-0.05, 0) is 24.5 Å². The number of hydrogen-bond acceptors (Lipinski definition) is 7. The van der Waals surface area contributed by atoms with Crippen LogP contribution in [0.15, 0.2) is 59.7 Å². The smallest absolute Gasteiger partial charge is 0.346 e. The van der Waals surface area contributed by atoms with E-state index >= 15 is 0 Å². The van der Waals surface area contributed by atoms with Crippen LogP contribution in [0.2, 0.25) is 0 Å². The van der Waals surface area contributed by atoms with Crippen molar-refractivity contribution in [2.45, 2.75) is 38.4 Å². The minimum atomic E-state index is -0.0585. The van der Waals surface area contributed by atoms with E-state index in [1.807, 2.05) is 42.5 Å². The number of hydrogen-bond donors (Lipinski definition) is 1. The largest absolute Gasteiger partial charge is 0.357 e. The summed E-state index contributed by atoms with van der Waals surface area (Å²) in [4.78, 5) is 16.9. The van der Waals surface area contributed by atoms with Gasteiger partial charge >= 0.3 is 5.69 Å². The molecule has 0 amide bonds. The van der Waals surface area contributed by atoms with E-state index in [0.717, 1.165) is 46.4 Å². The van der Waals surface area contributed by atoms with Crippen LogP contribution < -0.4 is 11.0 Å². The Kier molecular flexibility index (Phi) is 5.10. The molecule has 1 aliphatic rings. The molecule has 152 valence electrons. The zero-order valence-electron chi connectivity index (χ0n) is 16.3. The fourth-order valence-corrected chi connectivity index (χ4v) is 4.52. The second-order valence-electron chi connectivity index (χ2n) is 7.32. The van der Waals surface area contributed by atoms with Crippen molar-refractivity contribution >= 4 is 16.5 Å². The van der Waals surface area contributed by atoms with Crippen molar-refractivity contribution in [2.75, 3.05) is 5.32 Å². The van der Waals surface area contributed by atoms with Gasteiger partial charge in [-0.25, -0.2) is 9.48 Å². The molecule has 1 atom stereocenters. The van der Waals surface area contributed by atoms with E-state index in [1.165, 1.54) is 4.68 Å². The summed E-state index contributed by atoms with van der Waals surface area (Å²) in [7, 11) is 0. The van der Waals surface area contributed by atoms with Crippen LogP contribution in [-0.4, -0.2) is 35.6 Å². The van der Waals surface area contributed by atoms with Gasteiger partial charge < -0.3 is 5.32 Å². The van der Waals surface area contributed by atoms with Gasteiger partial charge in [0.25, 0.3) is 0 Å². The number of pyridine rings is 1. The number of nitrogens with zero attached hydrogens (tertiary/aromatic N) is 6. The first-order valence-corrected chi connectivity index (χ1v) is 10.8. The third kappa shape index (κ3) is 3.88. The fraction of sp³-hybridized carbons (Fsp3) is 0.286. The SMILES string of the molecule is O=c1n(Cc2cccnc2)nc2n1CCC(Nc1nnc(-c3ccccc3)s1)CC2. The third-order valence-corrected chi connectivity index (χ3v) is 6.15. The van der Waals surface area contributed by atoms with Gasteiger partial charge in [0.1, 0.15) is 10.8 Å². The van der Waals surface area contributed by atoms with Crippen LogP contribution >= 0.6 is 11.3 Å². The van der Waals surface area contributed by atoms with Gasteiger partial charge in [0.05, 0.1) is 6.54 Å². The van der Waals surface area contributed by atoms with E-state index in [9.17, 15) is 4.79 Å². The van der Waals surface area contributed by atoms with E-state index in [-0.39, 0.29) is 11.7 Å². The zero-order chi connectivity index (χ0) is 20.3. The lowest BCUT2D eigenvalue weighted by Gasteiger charge is -2.14. The van der Waals surface area contributed by atoms with Crippen LogP contribution in [0, 0.1) is 0 Å². The highest BCUT2D eigenvalue weighted by Crippen LogP contribution is 2.27. The summed E-state index contributed by atoms with van der Waals surface area (Å²) in [6, 6.07) is 14.1. The minimum absolute atomic E-state index is 0.0585. The van der Waals surface area contributed by atoms with Crippen molar-refractivity contribution in [3.63, 3.8) is 0 Å². The molecule has 4 aromatic rings. The lowest BCUT2D eigenvalue weighted by atomic mass is 10.1. The molecule has 1 aliphatic heterocycles. The van der Waals surface area contributed by atoms with Crippen molar-refractivity contribution in [2.24, 2.45) is 0 Å². The van der Waals surface area contributed by atoms with E-state index < -0.39 is 0 Å². The Morgan fingerprint density at radius 1 is 1.10 bits per heavy atom. The Morgan fingerprint density at radius 3 is 2.83 bits per heavy atom. The molecule has 0 saturated carbocycles. The molecule has 0 spiro atoms. The van der Waals surface area contributed by atoms with Crippen LogP contribution in [0.25, 0.3) is 10.6 Å². The number of anilines is 1. The number of aromatic nitrogens is 6. The minimum Gasteiger partial charge on any atom is -0.357 e. The number of nitrogens with one attached hydrogen (secondary N) is 1. The summed E-state index contributed by atoms with van der Waals surface area (Å²) in [5.74, 6) is 0.843. The second kappa shape index (κ2) is 8.19. The van der Waals surface area contributed by atoms with Gasteiger partial charge in [-0.3, -0.25) is 9.55 Å². The highest BCUT2D eigenvalue weighted by molar-refractivity contribution is 7.18. The lowest BCUT2D eigenvalue weighted by Crippen LogP contribution is -2.27. The highest BCUT2D eigenvalue weighted by atomic mass is 32.1. The van der Waals surface area contributed by atoms with Crippen LogP contribution in [-0.2, 0) is 19.5 Å². The molecule has 1 N–H and O–H groups in total. The van der Waals surface area contributed by atoms with Gasteiger partial charge in [0.2, 0.25) is 5.13 Å². The Balaban J connectivity index is 1.26. The molecule has 0 bridgehead atoms. The third-order valence-electron chi connectivity index (χ3n) is 5.25. The molecule has 4 heterocycles. The molecule has 0 fully saturated rings. The molecule has 0 radical (unpaired) electrons. The summed E-state index contributed by atoms with van der Waals surface area (Å²) < 4.78 is 3.34. The quantitative estimate of drug-likeness (QED) is 0.535. The summed E-state index contributed by atoms with van der Waals surface area (Å²) in [5.41, 5.74) is 1.98. The van der Waals surface area contributed by atoms with E-state index in [2.05, 4.69) is 25.6 Å². The maximum Gasteiger partial charge on any atom is 0.346 e. The maximum atomic E-state index is 12.8. The Hall–Kier alpha value is -3.33. The highest BCUT2D eigenvalue weighted by Gasteiger charge is 2.22. The summed E-state index contributed by atoms with van der Waals surface area (Å²) >= 11 is 1.55.